The van der Waals surface area contributed by atoms with Crippen molar-refractivity contribution in [3.8, 4) is 0 Å². The van der Waals surface area contributed by atoms with Crippen LogP contribution in [-0.4, -0.2) is 38.1 Å². The van der Waals surface area contributed by atoms with Crippen molar-refractivity contribution in [2.45, 2.75) is 0 Å². The van der Waals surface area contributed by atoms with Gasteiger partial charge in [-0.2, -0.15) is 8.42 Å². The van der Waals surface area contributed by atoms with Crippen LogP contribution in [0.1, 0.15) is 0 Å². The van der Waals surface area contributed by atoms with E-state index in [1.54, 1.807) is 0 Å². The van der Waals surface area contributed by atoms with Crippen LogP contribution in [0.3, 0.4) is 0 Å². The summed E-state index contributed by atoms with van der Waals surface area (Å²) in [6, 6.07) is 0. The summed E-state index contributed by atoms with van der Waals surface area (Å²) in [5, 5.41) is 0. The molecule has 0 saturated carbocycles. The molecule has 0 aromatic heterocycles. The Kier molecular flexibility index (Phi) is 5.73. The number of nitrogens with zero attached hydrogens (tertiary/aromatic N) is 1. The zero-order valence-electron chi connectivity index (χ0n) is 5.84. The summed E-state index contributed by atoms with van der Waals surface area (Å²) in [7, 11) is -2.09. The molecular formula is C3H7MoNO5S. The summed E-state index contributed by atoms with van der Waals surface area (Å²) in [5.41, 5.74) is 0. The molecular weight excluding hydrogens is 258 g/mol. The molecule has 8 heteroatoms. The molecule has 0 unspecified atom stereocenters. The molecule has 0 aromatic rings. The van der Waals surface area contributed by atoms with Crippen LogP contribution in [0.5, 0.6) is 0 Å². The summed E-state index contributed by atoms with van der Waals surface area (Å²) in [4.78, 5) is 11.2. The Bertz CT molecular complexity index is 222. The fraction of sp³-hybridized carbons (Fsp3) is 0.667. The van der Waals surface area contributed by atoms with E-state index < -0.39 is 16.5 Å². The van der Waals surface area contributed by atoms with E-state index in [2.05, 4.69) is 4.18 Å². The van der Waals surface area contributed by atoms with Gasteiger partial charge in [-0.1, -0.05) is 0 Å². The molecule has 0 spiro atoms. The standard InChI is InChI=1S/C3H7NO5S.Mo/c1-4(2)3(5)9-10(6,7)8;/h1-2H3,(H,6,7,8);. The molecule has 6 nitrogen and oxygen atoms in total. The summed E-state index contributed by atoms with van der Waals surface area (Å²) >= 11 is 0. The third kappa shape index (κ3) is 7.77. The maximum absolute atomic E-state index is 10.3. The largest absolute Gasteiger partial charge is 0.450 e. The minimum Gasteiger partial charge on any atom is -0.313 e. The van der Waals surface area contributed by atoms with Crippen LogP contribution in [0, 0.1) is 0 Å². The molecule has 0 rings (SSSR count). The number of amides is 1. The first-order valence-corrected chi connectivity index (χ1v) is 3.57. The molecule has 1 amide bonds. The van der Waals surface area contributed by atoms with Crippen LogP contribution in [0.15, 0.2) is 0 Å². The van der Waals surface area contributed by atoms with Crippen LogP contribution >= 0.6 is 0 Å². The van der Waals surface area contributed by atoms with Gasteiger partial charge in [0.1, 0.15) is 0 Å². The van der Waals surface area contributed by atoms with E-state index in [1.807, 2.05) is 0 Å². The number of hydrogen-bond acceptors (Lipinski definition) is 4. The first-order chi connectivity index (χ1) is 4.33. The van der Waals surface area contributed by atoms with E-state index in [-0.39, 0.29) is 21.1 Å². The fourth-order valence-corrected chi connectivity index (χ4v) is 0.494. The van der Waals surface area contributed by atoms with Gasteiger partial charge < -0.3 is 9.08 Å². The second-order valence-electron chi connectivity index (χ2n) is 1.67. The second-order valence-corrected chi connectivity index (χ2v) is 2.69. The molecule has 0 aliphatic rings. The van der Waals surface area contributed by atoms with E-state index in [4.69, 9.17) is 4.55 Å². The van der Waals surface area contributed by atoms with Gasteiger partial charge in [-0.15, -0.1) is 0 Å². The van der Waals surface area contributed by atoms with E-state index in [9.17, 15) is 13.2 Å². The Morgan fingerprint density at radius 2 is 1.82 bits per heavy atom. The minimum absolute atomic E-state index is 0. The van der Waals surface area contributed by atoms with Crippen molar-refractivity contribution in [3.05, 3.63) is 0 Å². The van der Waals surface area contributed by atoms with Gasteiger partial charge in [-0.3, -0.25) is 4.55 Å². The Labute approximate surface area is 78.7 Å². The van der Waals surface area contributed by atoms with Crippen molar-refractivity contribution < 1.29 is 43.0 Å². The number of rotatable bonds is 1. The third-order valence-corrected chi connectivity index (χ3v) is 0.895. The molecule has 0 saturated heterocycles. The van der Waals surface area contributed by atoms with Gasteiger partial charge in [0, 0.05) is 35.2 Å². The molecule has 0 aliphatic carbocycles. The zero-order valence-corrected chi connectivity index (χ0v) is 8.67. The van der Waals surface area contributed by atoms with Crippen molar-refractivity contribution in [2.75, 3.05) is 14.1 Å². The Morgan fingerprint density at radius 3 is 1.91 bits per heavy atom. The number of carbonyl (C=O) groups excluding carboxylic acids is 1. The summed E-state index contributed by atoms with van der Waals surface area (Å²) < 4.78 is 31.1. The average Bonchev–Trinajstić information content (AvgIpc) is 1.60. The van der Waals surface area contributed by atoms with E-state index in [1.165, 1.54) is 14.1 Å². The topological polar surface area (TPSA) is 83.9 Å². The van der Waals surface area contributed by atoms with Gasteiger partial charge in [0.15, 0.2) is 0 Å². The molecule has 0 fully saturated rings. The minimum atomic E-state index is -4.66. The third-order valence-electron chi connectivity index (χ3n) is 0.542. The maximum Gasteiger partial charge on any atom is 0.450 e. The molecule has 11 heavy (non-hydrogen) atoms. The molecule has 1 N–H and O–H groups in total. The van der Waals surface area contributed by atoms with Gasteiger partial charge >= 0.3 is 16.5 Å². The van der Waals surface area contributed by atoms with Crippen LogP contribution in [0.2, 0.25) is 0 Å². The summed E-state index contributed by atoms with van der Waals surface area (Å²) in [6.07, 6.45) is -1.14. The van der Waals surface area contributed by atoms with Crippen LogP contribution in [-0.2, 0) is 35.6 Å². The SMILES string of the molecule is CN(C)C(=O)OS(=O)(=O)O.[Mo]. The van der Waals surface area contributed by atoms with Crippen molar-refractivity contribution in [1.82, 2.24) is 4.90 Å². The number of carbonyl (C=O) groups is 1. The normalized spacial score (nSPS) is 9.73. The quantitative estimate of drug-likeness (QED) is 0.509. The van der Waals surface area contributed by atoms with Gasteiger partial charge in [-0.05, 0) is 0 Å². The molecule has 0 radical (unpaired) electrons. The second kappa shape index (κ2) is 4.69. The van der Waals surface area contributed by atoms with E-state index in [0.717, 1.165) is 4.90 Å². The van der Waals surface area contributed by atoms with Crippen molar-refractivity contribution in [2.24, 2.45) is 0 Å². The number of hydrogen-bond donors (Lipinski definition) is 1. The molecule has 0 atom stereocenters. The smallest absolute Gasteiger partial charge is 0.313 e. The fourth-order valence-electron chi connectivity index (χ4n) is 0.165. The molecule has 0 aliphatic heterocycles. The summed E-state index contributed by atoms with van der Waals surface area (Å²) in [5.74, 6) is 0. The zero-order chi connectivity index (χ0) is 8.36. The molecule has 66 valence electrons. The Morgan fingerprint density at radius 1 is 1.45 bits per heavy atom. The molecule has 0 bridgehead atoms. The van der Waals surface area contributed by atoms with Crippen LogP contribution < -0.4 is 0 Å². The van der Waals surface area contributed by atoms with Crippen LogP contribution in [0.25, 0.3) is 0 Å². The van der Waals surface area contributed by atoms with Gasteiger partial charge in [0.2, 0.25) is 0 Å². The van der Waals surface area contributed by atoms with Gasteiger partial charge in [-0.25, -0.2) is 4.79 Å². The molecule has 0 heterocycles. The summed E-state index contributed by atoms with van der Waals surface area (Å²) in [6.45, 7) is 0. The maximum atomic E-state index is 10.3. The van der Waals surface area contributed by atoms with Crippen LogP contribution in [0.4, 0.5) is 4.79 Å². The van der Waals surface area contributed by atoms with Gasteiger partial charge in [0.25, 0.3) is 0 Å². The monoisotopic (exact) mass is 267 g/mol. The average molecular weight is 265 g/mol. The van der Waals surface area contributed by atoms with E-state index in [0.29, 0.717) is 0 Å². The van der Waals surface area contributed by atoms with Crippen molar-refractivity contribution in [3.63, 3.8) is 0 Å². The first kappa shape index (κ1) is 13.5. The molecule has 0 aromatic carbocycles. The predicted octanol–water partition coefficient (Wildman–Crippen LogP) is -0.515. The Balaban J connectivity index is 0. The Hall–Kier alpha value is -0.132. The van der Waals surface area contributed by atoms with Crippen molar-refractivity contribution in [1.29, 1.82) is 0 Å². The van der Waals surface area contributed by atoms with Gasteiger partial charge in [0.05, 0.1) is 0 Å². The van der Waals surface area contributed by atoms with Crippen molar-refractivity contribution >= 4 is 16.5 Å². The van der Waals surface area contributed by atoms with E-state index >= 15 is 0 Å². The predicted molar refractivity (Wildman–Crippen MR) is 31.7 cm³/mol. The first-order valence-electron chi connectivity index (χ1n) is 2.21.